The molecule has 0 radical (unpaired) electrons. The number of hydrogen-bond donors (Lipinski definition) is 2. The number of rotatable bonds is 7. The molecule has 0 amide bonds. The molecule has 0 rings (SSSR count). The van der Waals surface area contributed by atoms with Gasteiger partial charge in [0.2, 0.25) is 0 Å². The average molecular weight is 203 g/mol. The minimum Gasteiger partial charge on any atom is -0.481 e. The largest absolute Gasteiger partial charge is 0.481 e. The van der Waals surface area contributed by atoms with Crippen LogP contribution in [-0.4, -0.2) is 36.4 Å². The Morgan fingerprint density at radius 2 is 2.00 bits per heavy atom. The molecule has 0 aliphatic carbocycles. The van der Waals surface area contributed by atoms with Gasteiger partial charge in [-0.2, -0.15) is 0 Å². The van der Waals surface area contributed by atoms with Gasteiger partial charge < -0.3 is 15.2 Å². The lowest BCUT2D eigenvalue weighted by molar-refractivity contribution is -0.137. The monoisotopic (exact) mass is 203 g/mol. The van der Waals surface area contributed by atoms with Crippen LogP contribution in [0, 0.1) is 0 Å². The third kappa shape index (κ3) is 11.4. The number of carboxylic acid groups (broad SMARTS) is 1. The molecule has 0 heterocycles. The molecule has 0 aromatic rings. The summed E-state index contributed by atoms with van der Waals surface area (Å²) in [6.45, 7) is 8.21. The highest BCUT2D eigenvalue weighted by molar-refractivity contribution is 5.66. The highest BCUT2D eigenvalue weighted by Gasteiger charge is 2.08. The molecule has 0 aliphatic heterocycles. The highest BCUT2D eigenvalue weighted by Crippen LogP contribution is 2.04. The van der Waals surface area contributed by atoms with Crippen LogP contribution in [0.1, 0.15) is 33.6 Å². The van der Waals surface area contributed by atoms with Crippen molar-refractivity contribution in [3.8, 4) is 0 Å². The number of nitrogens with one attached hydrogen (secondary N) is 1. The first kappa shape index (κ1) is 13.4. The molecule has 0 atom stereocenters. The Bertz CT molecular complexity index is 163. The maximum atomic E-state index is 10.2. The molecule has 0 fully saturated rings. The third-order valence-corrected chi connectivity index (χ3v) is 1.56. The molecule has 0 saturated heterocycles. The Morgan fingerprint density at radius 1 is 1.36 bits per heavy atom. The Balaban J connectivity index is 3.11. The zero-order valence-electron chi connectivity index (χ0n) is 9.30. The van der Waals surface area contributed by atoms with Crippen molar-refractivity contribution in [2.24, 2.45) is 0 Å². The second kappa shape index (κ2) is 6.79. The van der Waals surface area contributed by atoms with Gasteiger partial charge in [0.25, 0.3) is 0 Å². The van der Waals surface area contributed by atoms with Crippen LogP contribution >= 0.6 is 0 Å². The summed E-state index contributed by atoms with van der Waals surface area (Å²) in [5.41, 5.74) is -0.0945. The quantitative estimate of drug-likeness (QED) is 0.611. The van der Waals surface area contributed by atoms with Gasteiger partial charge >= 0.3 is 5.97 Å². The van der Waals surface area contributed by atoms with E-state index in [1.165, 1.54) is 0 Å². The van der Waals surface area contributed by atoms with E-state index in [0.717, 1.165) is 13.1 Å². The summed E-state index contributed by atoms with van der Waals surface area (Å²) < 4.78 is 5.48. The van der Waals surface area contributed by atoms with Crippen molar-refractivity contribution in [1.82, 2.24) is 5.32 Å². The normalized spacial score (nSPS) is 11.6. The molecule has 0 saturated carbocycles. The lowest BCUT2D eigenvalue weighted by Gasteiger charge is -2.19. The first-order valence-corrected chi connectivity index (χ1v) is 4.98. The Hall–Kier alpha value is -0.610. The molecule has 4 nitrogen and oxygen atoms in total. The standard InChI is InChI=1S/C10H21NO3/c1-10(2,3)14-8-7-11-6-4-5-9(12)13/h11H,4-8H2,1-3H3,(H,12,13). The van der Waals surface area contributed by atoms with Crippen molar-refractivity contribution in [3.63, 3.8) is 0 Å². The highest BCUT2D eigenvalue weighted by atomic mass is 16.5. The number of aliphatic carboxylic acids is 1. The van der Waals surface area contributed by atoms with Crippen LogP contribution in [0.25, 0.3) is 0 Å². The van der Waals surface area contributed by atoms with Crippen molar-refractivity contribution in [2.45, 2.75) is 39.2 Å². The van der Waals surface area contributed by atoms with Gasteiger partial charge in [-0.25, -0.2) is 0 Å². The fourth-order valence-corrected chi connectivity index (χ4v) is 0.919. The van der Waals surface area contributed by atoms with E-state index < -0.39 is 5.97 Å². The van der Waals surface area contributed by atoms with Gasteiger partial charge in [0.05, 0.1) is 12.2 Å². The Labute approximate surface area is 85.6 Å². The van der Waals surface area contributed by atoms with Crippen molar-refractivity contribution in [3.05, 3.63) is 0 Å². The first-order valence-electron chi connectivity index (χ1n) is 4.98. The fraction of sp³-hybridized carbons (Fsp3) is 0.900. The smallest absolute Gasteiger partial charge is 0.303 e. The number of carboxylic acids is 1. The van der Waals surface area contributed by atoms with E-state index in [2.05, 4.69) is 5.32 Å². The first-order chi connectivity index (χ1) is 6.42. The number of carbonyl (C=O) groups is 1. The minimum absolute atomic E-state index is 0.0945. The van der Waals surface area contributed by atoms with Crippen molar-refractivity contribution < 1.29 is 14.6 Å². The molecule has 0 aromatic heterocycles. The van der Waals surface area contributed by atoms with Crippen LogP contribution in [0.3, 0.4) is 0 Å². The summed E-state index contributed by atoms with van der Waals surface area (Å²) in [5.74, 6) is -0.738. The van der Waals surface area contributed by atoms with Gasteiger partial charge in [-0.3, -0.25) is 4.79 Å². The van der Waals surface area contributed by atoms with Gasteiger partial charge in [0.1, 0.15) is 0 Å². The molecule has 4 heteroatoms. The summed E-state index contributed by atoms with van der Waals surface area (Å²) in [4.78, 5) is 10.2. The minimum atomic E-state index is -0.738. The fourth-order valence-electron chi connectivity index (χ4n) is 0.919. The zero-order chi connectivity index (χ0) is 11.0. The average Bonchev–Trinajstić information content (AvgIpc) is 2.00. The number of ether oxygens (including phenoxy) is 1. The molecule has 14 heavy (non-hydrogen) atoms. The maximum Gasteiger partial charge on any atom is 0.303 e. The predicted octanol–water partition coefficient (Wildman–Crippen LogP) is 1.26. The third-order valence-electron chi connectivity index (χ3n) is 1.56. The molecule has 0 bridgehead atoms. The predicted molar refractivity (Wildman–Crippen MR) is 55.4 cm³/mol. The van der Waals surface area contributed by atoms with Crippen molar-refractivity contribution >= 4 is 5.97 Å². The van der Waals surface area contributed by atoms with E-state index in [4.69, 9.17) is 9.84 Å². The van der Waals surface area contributed by atoms with Gasteiger partial charge in [-0.05, 0) is 33.7 Å². The molecule has 2 N–H and O–H groups in total. The van der Waals surface area contributed by atoms with Gasteiger partial charge in [0.15, 0.2) is 0 Å². The lowest BCUT2D eigenvalue weighted by Crippen LogP contribution is -2.27. The molecule has 0 unspecified atom stereocenters. The van der Waals surface area contributed by atoms with E-state index in [1.807, 2.05) is 20.8 Å². The van der Waals surface area contributed by atoms with Crippen LogP contribution in [0.5, 0.6) is 0 Å². The second-order valence-corrected chi connectivity index (χ2v) is 4.21. The molecular formula is C10H21NO3. The lowest BCUT2D eigenvalue weighted by atomic mass is 10.2. The van der Waals surface area contributed by atoms with E-state index in [-0.39, 0.29) is 12.0 Å². The van der Waals surface area contributed by atoms with E-state index in [1.54, 1.807) is 0 Å². The SMILES string of the molecule is CC(C)(C)OCCNCCCC(=O)O. The zero-order valence-corrected chi connectivity index (χ0v) is 9.30. The van der Waals surface area contributed by atoms with Gasteiger partial charge in [-0.1, -0.05) is 0 Å². The molecule has 0 spiro atoms. The summed E-state index contributed by atoms with van der Waals surface area (Å²) in [7, 11) is 0. The summed E-state index contributed by atoms with van der Waals surface area (Å²) in [5, 5.41) is 11.5. The Kier molecular flexibility index (Phi) is 6.49. The van der Waals surface area contributed by atoms with Crippen LogP contribution in [0.2, 0.25) is 0 Å². The summed E-state index contributed by atoms with van der Waals surface area (Å²) >= 11 is 0. The van der Waals surface area contributed by atoms with E-state index in [0.29, 0.717) is 13.0 Å². The maximum absolute atomic E-state index is 10.2. The topological polar surface area (TPSA) is 58.6 Å². The van der Waals surface area contributed by atoms with E-state index >= 15 is 0 Å². The second-order valence-electron chi connectivity index (χ2n) is 4.21. The molecule has 0 aliphatic rings. The molecular weight excluding hydrogens is 182 g/mol. The van der Waals surface area contributed by atoms with Crippen molar-refractivity contribution in [1.29, 1.82) is 0 Å². The van der Waals surface area contributed by atoms with Crippen LogP contribution in [-0.2, 0) is 9.53 Å². The summed E-state index contributed by atoms with van der Waals surface area (Å²) in [6, 6.07) is 0. The van der Waals surface area contributed by atoms with Crippen LogP contribution < -0.4 is 5.32 Å². The van der Waals surface area contributed by atoms with Crippen LogP contribution in [0.15, 0.2) is 0 Å². The molecule has 84 valence electrons. The van der Waals surface area contributed by atoms with Crippen molar-refractivity contribution in [2.75, 3.05) is 19.7 Å². The Morgan fingerprint density at radius 3 is 2.50 bits per heavy atom. The molecule has 0 aromatic carbocycles. The number of hydrogen-bond acceptors (Lipinski definition) is 3. The van der Waals surface area contributed by atoms with Gasteiger partial charge in [0, 0.05) is 13.0 Å². The van der Waals surface area contributed by atoms with Crippen LogP contribution in [0.4, 0.5) is 0 Å². The van der Waals surface area contributed by atoms with Gasteiger partial charge in [-0.15, -0.1) is 0 Å². The summed E-state index contributed by atoms with van der Waals surface area (Å²) in [6.07, 6.45) is 0.901. The van der Waals surface area contributed by atoms with E-state index in [9.17, 15) is 4.79 Å².